The van der Waals surface area contributed by atoms with Crippen molar-refractivity contribution in [2.24, 2.45) is 0 Å². The predicted molar refractivity (Wildman–Crippen MR) is 90.4 cm³/mol. The number of hydrogen-bond acceptors (Lipinski definition) is 6. The Morgan fingerprint density at radius 3 is 2.84 bits per heavy atom. The van der Waals surface area contributed by atoms with Crippen molar-refractivity contribution in [3.8, 4) is 11.8 Å². The van der Waals surface area contributed by atoms with Crippen LogP contribution < -0.4 is 10.1 Å². The molecule has 6 heteroatoms. The zero-order valence-corrected chi connectivity index (χ0v) is 13.4. The second-order valence-electron chi connectivity index (χ2n) is 5.78. The van der Waals surface area contributed by atoms with E-state index in [-0.39, 0.29) is 6.04 Å². The highest BCUT2D eigenvalue weighted by atomic mass is 16.5. The minimum Gasteiger partial charge on any atom is -0.489 e. The molecular weight excluding hydrogens is 314 g/mol. The maximum atomic E-state index is 9.30. The molecule has 0 bridgehead atoms. The van der Waals surface area contributed by atoms with E-state index in [9.17, 15) is 5.26 Å². The molecule has 1 aliphatic rings. The highest BCUT2D eigenvalue weighted by molar-refractivity contribution is 5.48. The van der Waals surface area contributed by atoms with Gasteiger partial charge in [0.25, 0.3) is 0 Å². The molecule has 0 radical (unpaired) electrons. The highest BCUT2D eigenvalue weighted by Crippen LogP contribution is 2.34. The summed E-state index contributed by atoms with van der Waals surface area (Å²) in [5, 5.41) is 12.8. The van der Waals surface area contributed by atoms with Crippen LogP contribution in [0.3, 0.4) is 0 Å². The average molecular weight is 329 g/mol. The van der Waals surface area contributed by atoms with Gasteiger partial charge in [-0.1, -0.05) is 6.07 Å². The number of ether oxygens (including phenoxy) is 1. The van der Waals surface area contributed by atoms with E-state index < -0.39 is 0 Å². The molecule has 25 heavy (non-hydrogen) atoms. The minimum atomic E-state index is 0.00391. The molecule has 0 spiro atoms. The van der Waals surface area contributed by atoms with Crippen molar-refractivity contribution in [1.82, 2.24) is 20.3 Å². The smallest absolute Gasteiger partial charge is 0.120 e. The van der Waals surface area contributed by atoms with Crippen molar-refractivity contribution >= 4 is 0 Å². The Morgan fingerprint density at radius 2 is 2.00 bits per heavy atom. The summed E-state index contributed by atoms with van der Waals surface area (Å²) in [6.45, 7) is 1.16. The van der Waals surface area contributed by atoms with Gasteiger partial charge in [0.2, 0.25) is 0 Å². The van der Waals surface area contributed by atoms with E-state index in [2.05, 4.69) is 32.4 Å². The van der Waals surface area contributed by atoms with Crippen LogP contribution in [0.4, 0.5) is 0 Å². The minimum absolute atomic E-state index is 0.00391. The second-order valence-corrected chi connectivity index (χ2v) is 5.78. The fraction of sp³-hybridized carbons (Fsp3) is 0.158. The van der Waals surface area contributed by atoms with E-state index in [0.717, 1.165) is 29.0 Å². The monoisotopic (exact) mass is 329 g/mol. The van der Waals surface area contributed by atoms with Crippen LogP contribution in [0, 0.1) is 11.3 Å². The van der Waals surface area contributed by atoms with E-state index >= 15 is 0 Å². The van der Waals surface area contributed by atoms with Crippen molar-refractivity contribution in [1.29, 1.82) is 5.26 Å². The van der Waals surface area contributed by atoms with E-state index in [1.807, 2.05) is 18.2 Å². The molecule has 122 valence electrons. The summed E-state index contributed by atoms with van der Waals surface area (Å²) in [4.78, 5) is 12.0. The van der Waals surface area contributed by atoms with Gasteiger partial charge in [-0.3, -0.25) is 4.98 Å². The Balaban J connectivity index is 1.55. The number of nitrogens with zero attached hydrogens (tertiary/aromatic N) is 4. The van der Waals surface area contributed by atoms with Gasteiger partial charge < -0.3 is 10.1 Å². The lowest BCUT2D eigenvalue weighted by Crippen LogP contribution is -2.14. The summed E-state index contributed by atoms with van der Waals surface area (Å²) < 4.78 is 5.83. The van der Waals surface area contributed by atoms with Gasteiger partial charge >= 0.3 is 0 Å². The second kappa shape index (κ2) is 6.67. The Kier molecular flexibility index (Phi) is 4.07. The lowest BCUT2D eigenvalue weighted by Gasteiger charge is -2.14. The topological polar surface area (TPSA) is 83.7 Å². The number of pyridine rings is 1. The van der Waals surface area contributed by atoms with Crippen molar-refractivity contribution in [2.45, 2.75) is 19.2 Å². The SMILES string of the molecule is N#Cc1cnccc1C1NCc2cc(OCc3cncnc3)ccc21. The van der Waals surface area contributed by atoms with Crippen LogP contribution in [-0.2, 0) is 13.2 Å². The lowest BCUT2D eigenvalue weighted by molar-refractivity contribution is 0.305. The molecule has 6 nitrogen and oxygen atoms in total. The third-order valence-corrected chi connectivity index (χ3v) is 4.23. The summed E-state index contributed by atoms with van der Waals surface area (Å²) >= 11 is 0. The van der Waals surface area contributed by atoms with Gasteiger partial charge in [0, 0.05) is 36.9 Å². The molecule has 4 rings (SSSR count). The van der Waals surface area contributed by atoms with Crippen molar-refractivity contribution in [3.05, 3.63) is 83.2 Å². The first-order chi connectivity index (χ1) is 12.3. The van der Waals surface area contributed by atoms with Crippen molar-refractivity contribution < 1.29 is 4.74 Å². The first-order valence-corrected chi connectivity index (χ1v) is 7.92. The van der Waals surface area contributed by atoms with Gasteiger partial charge in [0.1, 0.15) is 24.8 Å². The summed E-state index contributed by atoms with van der Waals surface area (Å²) in [5.74, 6) is 0.806. The number of fused-ring (bicyclic) bond motifs is 1. The largest absolute Gasteiger partial charge is 0.489 e. The molecule has 0 saturated heterocycles. The molecule has 0 fully saturated rings. The number of hydrogen-bond donors (Lipinski definition) is 1. The molecule has 1 atom stereocenters. The van der Waals surface area contributed by atoms with Gasteiger partial charge in [0.15, 0.2) is 0 Å². The molecule has 3 heterocycles. The van der Waals surface area contributed by atoms with E-state index in [0.29, 0.717) is 12.2 Å². The van der Waals surface area contributed by atoms with E-state index in [1.54, 1.807) is 24.8 Å². The predicted octanol–water partition coefficient (Wildman–Crippen LogP) is 2.51. The zero-order valence-electron chi connectivity index (χ0n) is 13.4. The quantitative estimate of drug-likeness (QED) is 0.792. The number of nitrogens with one attached hydrogen (secondary N) is 1. The fourth-order valence-corrected chi connectivity index (χ4v) is 3.03. The molecule has 2 aromatic heterocycles. The van der Waals surface area contributed by atoms with Crippen LogP contribution in [0.15, 0.2) is 55.4 Å². The van der Waals surface area contributed by atoms with Crippen LogP contribution in [0.25, 0.3) is 0 Å². The van der Waals surface area contributed by atoms with Crippen LogP contribution >= 0.6 is 0 Å². The first-order valence-electron chi connectivity index (χ1n) is 7.92. The summed E-state index contributed by atoms with van der Waals surface area (Å²) in [7, 11) is 0. The maximum Gasteiger partial charge on any atom is 0.120 e. The lowest BCUT2D eigenvalue weighted by atomic mass is 9.96. The number of rotatable bonds is 4. The van der Waals surface area contributed by atoms with Crippen molar-refractivity contribution in [3.63, 3.8) is 0 Å². The van der Waals surface area contributed by atoms with Gasteiger partial charge in [-0.15, -0.1) is 0 Å². The van der Waals surface area contributed by atoms with E-state index in [4.69, 9.17) is 4.74 Å². The third-order valence-electron chi connectivity index (χ3n) is 4.23. The van der Waals surface area contributed by atoms with Crippen LogP contribution in [0.5, 0.6) is 5.75 Å². The molecule has 0 aliphatic carbocycles. The summed E-state index contributed by atoms with van der Waals surface area (Å²) in [6, 6.07) is 10.2. The molecule has 1 N–H and O–H groups in total. The Hall–Kier alpha value is -3.30. The number of benzene rings is 1. The Morgan fingerprint density at radius 1 is 1.12 bits per heavy atom. The van der Waals surface area contributed by atoms with Gasteiger partial charge in [-0.25, -0.2) is 9.97 Å². The molecular formula is C19H15N5O. The standard InChI is InChI=1S/C19H15N5O/c20-6-15-9-21-4-3-18(15)19-17-2-1-16(5-14(17)10-24-19)25-11-13-7-22-12-23-8-13/h1-5,7-9,12,19,24H,10-11H2. The van der Waals surface area contributed by atoms with Gasteiger partial charge in [-0.2, -0.15) is 5.26 Å². The number of aromatic nitrogens is 3. The molecule has 1 unspecified atom stereocenters. The molecule has 1 aliphatic heterocycles. The zero-order chi connectivity index (χ0) is 17.1. The van der Waals surface area contributed by atoms with Gasteiger partial charge in [-0.05, 0) is 34.9 Å². The molecule has 0 saturated carbocycles. The number of nitriles is 1. The van der Waals surface area contributed by atoms with Gasteiger partial charge in [0.05, 0.1) is 11.6 Å². The Bertz CT molecular complexity index is 936. The normalized spacial score (nSPS) is 15.4. The summed E-state index contributed by atoms with van der Waals surface area (Å²) in [5.41, 5.74) is 4.81. The molecule has 0 amide bonds. The molecule has 3 aromatic rings. The summed E-state index contributed by atoms with van der Waals surface area (Å²) in [6.07, 6.45) is 8.30. The highest BCUT2D eigenvalue weighted by Gasteiger charge is 2.25. The van der Waals surface area contributed by atoms with Crippen LogP contribution in [-0.4, -0.2) is 15.0 Å². The van der Waals surface area contributed by atoms with Crippen molar-refractivity contribution in [2.75, 3.05) is 0 Å². The van der Waals surface area contributed by atoms with Crippen LogP contribution in [0.2, 0.25) is 0 Å². The third kappa shape index (κ3) is 3.05. The molecule has 1 aromatic carbocycles. The van der Waals surface area contributed by atoms with Crippen LogP contribution in [0.1, 0.15) is 33.9 Å². The maximum absolute atomic E-state index is 9.30. The fourth-order valence-electron chi connectivity index (χ4n) is 3.03. The Labute approximate surface area is 145 Å². The van der Waals surface area contributed by atoms with E-state index in [1.165, 1.54) is 11.9 Å². The first kappa shape index (κ1) is 15.2. The average Bonchev–Trinajstić information content (AvgIpc) is 3.10.